The van der Waals surface area contributed by atoms with Gasteiger partial charge in [-0.3, -0.25) is 14.5 Å². The molecule has 0 spiro atoms. The lowest BCUT2D eigenvalue weighted by atomic mass is 10.0. The number of nitrogens with zero attached hydrogens (tertiary/aromatic N) is 2. The third-order valence-electron chi connectivity index (χ3n) is 5.06. The molecule has 1 fully saturated rings. The lowest BCUT2D eigenvalue weighted by Gasteiger charge is -2.37. The van der Waals surface area contributed by atoms with Crippen molar-refractivity contribution in [3.8, 4) is 0 Å². The van der Waals surface area contributed by atoms with Crippen molar-refractivity contribution in [1.29, 1.82) is 0 Å². The highest BCUT2D eigenvalue weighted by Crippen LogP contribution is 2.37. The van der Waals surface area contributed by atoms with E-state index in [1.165, 1.54) is 4.90 Å². The first-order valence-corrected chi connectivity index (χ1v) is 11.0. The number of amides is 2. The van der Waals surface area contributed by atoms with E-state index in [1.807, 2.05) is 32.6 Å². The number of hydrogen-bond acceptors (Lipinski definition) is 5. The van der Waals surface area contributed by atoms with Gasteiger partial charge >= 0.3 is 0 Å². The zero-order chi connectivity index (χ0) is 22.0. The fourth-order valence-corrected chi connectivity index (χ4v) is 4.40. The van der Waals surface area contributed by atoms with Gasteiger partial charge in [0.15, 0.2) is 0 Å². The molecule has 1 aromatic rings. The Bertz CT molecular complexity index is 846. The smallest absolute Gasteiger partial charge is 0.277 e. The SMILES string of the molecule is CC(C)OCCCN1C(=O)C(c2ccc(Cl)cc2Cl)=C(N2CC(C)OC(C)C2)C1=O. The summed E-state index contributed by atoms with van der Waals surface area (Å²) >= 11 is 12.5. The van der Waals surface area contributed by atoms with E-state index < -0.39 is 0 Å². The summed E-state index contributed by atoms with van der Waals surface area (Å²) in [5.74, 6) is -0.637. The minimum atomic E-state index is -0.337. The highest BCUT2D eigenvalue weighted by molar-refractivity contribution is 6.41. The second-order valence-electron chi connectivity index (χ2n) is 8.05. The predicted molar refractivity (Wildman–Crippen MR) is 117 cm³/mol. The van der Waals surface area contributed by atoms with Crippen LogP contribution in [0.2, 0.25) is 10.0 Å². The number of ether oxygens (including phenoxy) is 2. The van der Waals surface area contributed by atoms with Crippen molar-refractivity contribution in [3.63, 3.8) is 0 Å². The summed E-state index contributed by atoms with van der Waals surface area (Å²) in [6.07, 6.45) is 0.558. The van der Waals surface area contributed by atoms with Crippen LogP contribution in [0, 0.1) is 0 Å². The Balaban J connectivity index is 1.96. The van der Waals surface area contributed by atoms with Crippen LogP contribution in [0.15, 0.2) is 23.9 Å². The zero-order valence-electron chi connectivity index (χ0n) is 17.8. The molecule has 1 aromatic carbocycles. The summed E-state index contributed by atoms with van der Waals surface area (Å²) in [7, 11) is 0. The lowest BCUT2D eigenvalue weighted by Crippen LogP contribution is -2.47. The molecule has 0 aliphatic carbocycles. The average molecular weight is 455 g/mol. The molecule has 2 aliphatic rings. The van der Waals surface area contributed by atoms with Crippen LogP contribution < -0.4 is 0 Å². The normalized spacial score (nSPS) is 22.6. The molecule has 8 heteroatoms. The van der Waals surface area contributed by atoms with Gasteiger partial charge < -0.3 is 14.4 Å². The minimum absolute atomic E-state index is 0.0559. The monoisotopic (exact) mass is 454 g/mol. The fourth-order valence-electron chi connectivity index (χ4n) is 3.90. The Morgan fingerprint density at radius 3 is 2.40 bits per heavy atom. The van der Waals surface area contributed by atoms with Gasteiger partial charge in [0.05, 0.1) is 28.9 Å². The van der Waals surface area contributed by atoms with Crippen molar-refractivity contribution < 1.29 is 19.1 Å². The number of carbonyl (C=O) groups is 2. The molecular weight excluding hydrogens is 427 g/mol. The van der Waals surface area contributed by atoms with Gasteiger partial charge in [-0.2, -0.15) is 0 Å². The molecule has 0 N–H and O–H groups in total. The summed E-state index contributed by atoms with van der Waals surface area (Å²) in [5.41, 5.74) is 1.23. The second-order valence-corrected chi connectivity index (χ2v) is 8.89. The molecule has 2 atom stereocenters. The molecule has 6 nitrogen and oxygen atoms in total. The Kier molecular flexibility index (Phi) is 7.45. The maximum atomic E-state index is 13.4. The Morgan fingerprint density at radius 1 is 1.13 bits per heavy atom. The van der Waals surface area contributed by atoms with Crippen LogP contribution in [0.4, 0.5) is 0 Å². The van der Waals surface area contributed by atoms with Gasteiger partial charge in [0.25, 0.3) is 11.8 Å². The van der Waals surface area contributed by atoms with Gasteiger partial charge in [-0.05, 0) is 46.2 Å². The Morgan fingerprint density at radius 2 is 1.80 bits per heavy atom. The van der Waals surface area contributed by atoms with Crippen molar-refractivity contribution in [2.24, 2.45) is 0 Å². The van der Waals surface area contributed by atoms with Crippen molar-refractivity contribution in [1.82, 2.24) is 9.80 Å². The van der Waals surface area contributed by atoms with Gasteiger partial charge in [-0.1, -0.05) is 29.3 Å². The number of rotatable bonds is 7. The van der Waals surface area contributed by atoms with Crippen molar-refractivity contribution >= 4 is 40.6 Å². The molecule has 0 bridgehead atoms. The zero-order valence-corrected chi connectivity index (χ0v) is 19.3. The van der Waals surface area contributed by atoms with Crippen LogP contribution in [0.5, 0.6) is 0 Å². The minimum Gasteiger partial charge on any atom is -0.379 e. The molecule has 1 saturated heterocycles. The van der Waals surface area contributed by atoms with Crippen LogP contribution in [0.25, 0.3) is 5.57 Å². The summed E-state index contributed by atoms with van der Waals surface area (Å²) in [5, 5.41) is 0.814. The lowest BCUT2D eigenvalue weighted by molar-refractivity contribution is -0.138. The van der Waals surface area contributed by atoms with E-state index in [2.05, 4.69) is 0 Å². The second kappa shape index (κ2) is 9.69. The maximum absolute atomic E-state index is 13.4. The van der Waals surface area contributed by atoms with Crippen LogP contribution in [0.3, 0.4) is 0 Å². The molecule has 30 heavy (non-hydrogen) atoms. The Hall–Kier alpha value is -1.60. The van der Waals surface area contributed by atoms with Gasteiger partial charge in [0, 0.05) is 36.8 Å². The van der Waals surface area contributed by atoms with Gasteiger partial charge in [-0.25, -0.2) is 0 Å². The van der Waals surface area contributed by atoms with Gasteiger partial charge in [-0.15, -0.1) is 0 Å². The fraction of sp³-hybridized carbons (Fsp3) is 0.545. The molecule has 164 valence electrons. The van der Waals surface area contributed by atoms with Crippen LogP contribution in [0.1, 0.15) is 39.7 Å². The first kappa shape index (κ1) is 23.1. The number of imide groups is 1. The number of morpholine rings is 1. The van der Waals surface area contributed by atoms with Gasteiger partial charge in [0.1, 0.15) is 5.70 Å². The molecule has 0 aromatic heterocycles. The molecular formula is C22H28Cl2N2O4. The van der Waals surface area contributed by atoms with E-state index in [0.717, 1.165) is 0 Å². The van der Waals surface area contributed by atoms with Gasteiger partial charge in [0.2, 0.25) is 0 Å². The van der Waals surface area contributed by atoms with E-state index in [4.69, 9.17) is 32.7 Å². The highest BCUT2D eigenvalue weighted by atomic mass is 35.5. The van der Waals surface area contributed by atoms with Crippen molar-refractivity contribution in [2.75, 3.05) is 26.2 Å². The van der Waals surface area contributed by atoms with Crippen molar-refractivity contribution in [2.45, 2.75) is 52.4 Å². The summed E-state index contributed by atoms with van der Waals surface area (Å²) in [4.78, 5) is 30.0. The summed E-state index contributed by atoms with van der Waals surface area (Å²) in [6, 6.07) is 4.96. The third kappa shape index (κ3) is 4.99. The number of hydrogen-bond donors (Lipinski definition) is 0. The van der Waals surface area contributed by atoms with Crippen molar-refractivity contribution in [3.05, 3.63) is 39.5 Å². The van der Waals surface area contributed by atoms with E-state index in [-0.39, 0.29) is 36.7 Å². The average Bonchev–Trinajstić information content (AvgIpc) is 2.88. The molecule has 2 amide bonds. The number of benzene rings is 1. The number of halogens is 2. The van der Waals surface area contributed by atoms with E-state index in [1.54, 1.807) is 18.2 Å². The summed E-state index contributed by atoms with van der Waals surface area (Å²) in [6.45, 7) is 9.64. The quantitative estimate of drug-likeness (QED) is 0.460. The molecule has 0 saturated carbocycles. The predicted octanol–water partition coefficient (Wildman–Crippen LogP) is 4.00. The first-order valence-electron chi connectivity index (χ1n) is 10.3. The third-order valence-corrected chi connectivity index (χ3v) is 5.60. The molecule has 2 unspecified atom stereocenters. The standard InChI is InChI=1S/C22H28Cl2N2O4/c1-13(2)29-9-5-8-26-21(27)19(17-7-6-16(23)10-18(17)24)20(22(26)28)25-11-14(3)30-15(4)12-25/h6-7,10,13-15H,5,8-9,11-12H2,1-4H3. The largest absolute Gasteiger partial charge is 0.379 e. The number of carbonyl (C=O) groups excluding carboxylic acids is 2. The van der Waals surface area contributed by atoms with E-state index in [0.29, 0.717) is 53.0 Å². The molecule has 0 radical (unpaired) electrons. The molecule has 3 rings (SSSR count). The van der Waals surface area contributed by atoms with Crippen LogP contribution in [-0.2, 0) is 19.1 Å². The Labute approximate surface area is 187 Å². The van der Waals surface area contributed by atoms with E-state index in [9.17, 15) is 9.59 Å². The first-order chi connectivity index (χ1) is 14.2. The topological polar surface area (TPSA) is 59.1 Å². The summed E-state index contributed by atoms with van der Waals surface area (Å²) < 4.78 is 11.4. The van der Waals surface area contributed by atoms with Crippen LogP contribution in [-0.4, -0.2) is 66.2 Å². The molecule has 2 aliphatic heterocycles. The molecule has 2 heterocycles. The highest BCUT2D eigenvalue weighted by Gasteiger charge is 2.43. The van der Waals surface area contributed by atoms with Crippen LogP contribution >= 0.6 is 23.2 Å². The van der Waals surface area contributed by atoms with E-state index >= 15 is 0 Å². The maximum Gasteiger partial charge on any atom is 0.277 e.